The van der Waals surface area contributed by atoms with E-state index in [1.807, 2.05) is 0 Å². The topological polar surface area (TPSA) is 66.8 Å². The van der Waals surface area contributed by atoms with Gasteiger partial charge in [-0.3, -0.25) is 9.59 Å². The van der Waals surface area contributed by atoms with Crippen LogP contribution in [0.4, 0.5) is 5.69 Å². The second-order valence-corrected chi connectivity index (χ2v) is 5.87. The van der Waals surface area contributed by atoms with E-state index in [0.717, 1.165) is 4.90 Å². The van der Waals surface area contributed by atoms with Crippen molar-refractivity contribution >= 4 is 46.3 Å². The summed E-state index contributed by atoms with van der Waals surface area (Å²) >= 11 is 11.9. The molecule has 1 N–H and O–H groups in total. The van der Waals surface area contributed by atoms with Gasteiger partial charge in [0.1, 0.15) is 5.75 Å². The number of hydrogen-bond donors (Lipinski definition) is 1. The Morgan fingerprint density at radius 2 is 1.62 bits per heavy atom. The summed E-state index contributed by atoms with van der Waals surface area (Å²) in [6.07, 6.45) is 0. The zero-order chi connectivity index (χ0) is 17.4. The lowest BCUT2D eigenvalue weighted by Gasteiger charge is -2.15. The molecule has 0 radical (unpaired) electrons. The molecular formula is C17H11Cl2NO4. The molecule has 7 heteroatoms. The van der Waals surface area contributed by atoms with E-state index in [2.05, 4.69) is 0 Å². The van der Waals surface area contributed by atoms with Crippen LogP contribution in [0, 0.1) is 0 Å². The number of rotatable bonds is 3. The van der Waals surface area contributed by atoms with Gasteiger partial charge in [0, 0.05) is 15.6 Å². The molecule has 0 saturated carbocycles. The molecule has 5 nitrogen and oxygen atoms in total. The first kappa shape index (κ1) is 16.4. The standard InChI is InChI=1S/C17H11Cl2NO4/c1-24-13-5-3-2-4-12(13)14-15(21)17(23)20(16(14)22)11-7-9(18)6-10(19)8-11/h2-8,21H,1H3. The second kappa shape index (κ2) is 6.19. The molecule has 0 unspecified atom stereocenters. The van der Waals surface area contributed by atoms with E-state index in [-0.39, 0.29) is 21.3 Å². The number of hydrogen-bond acceptors (Lipinski definition) is 4. The molecule has 0 spiro atoms. The minimum Gasteiger partial charge on any atom is -0.502 e. The molecule has 1 aliphatic rings. The van der Waals surface area contributed by atoms with E-state index in [1.54, 1.807) is 24.3 Å². The lowest BCUT2D eigenvalue weighted by atomic mass is 10.0. The first-order chi connectivity index (χ1) is 11.4. The van der Waals surface area contributed by atoms with Gasteiger partial charge in [-0.05, 0) is 24.3 Å². The number of nitrogens with zero attached hydrogens (tertiary/aromatic N) is 1. The maximum Gasteiger partial charge on any atom is 0.301 e. The Morgan fingerprint density at radius 1 is 1.00 bits per heavy atom. The zero-order valence-corrected chi connectivity index (χ0v) is 13.9. The largest absolute Gasteiger partial charge is 0.502 e. The van der Waals surface area contributed by atoms with Crippen molar-refractivity contribution in [3.8, 4) is 5.75 Å². The number of halogens is 2. The first-order valence-electron chi connectivity index (χ1n) is 6.85. The van der Waals surface area contributed by atoms with E-state index in [0.29, 0.717) is 11.3 Å². The number of ether oxygens (including phenoxy) is 1. The predicted molar refractivity (Wildman–Crippen MR) is 91.5 cm³/mol. The molecule has 122 valence electrons. The van der Waals surface area contributed by atoms with E-state index in [1.165, 1.54) is 25.3 Å². The van der Waals surface area contributed by atoms with Crippen molar-refractivity contribution in [2.24, 2.45) is 0 Å². The number of para-hydroxylation sites is 1. The summed E-state index contributed by atoms with van der Waals surface area (Å²) in [5.41, 5.74) is 0.374. The average Bonchev–Trinajstić information content (AvgIpc) is 2.76. The van der Waals surface area contributed by atoms with Crippen LogP contribution in [-0.4, -0.2) is 24.0 Å². The van der Waals surface area contributed by atoms with Gasteiger partial charge in [-0.15, -0.1) is 0 Å². The Labute approximate surface area is 147 Å². The maximum atomic E-state index is 12.8. The second-order valence-electron chi connectivity index (χ2n) is 5.00. The third kappa shape index (κ3) is 2.62. The minimum atomic E-state index is -0.848. The highest BCUT2D eigenvalue weighted by Gasteiger charge is 2.41. The van der Waals surface area contributed by atoms with Crippen LogP contribution in [0.5, 0.6) is 5.75 Å². The number of carbonyl (C=O) groups is 2. The molecule has 0 aromatic heterocycles. The SMILES string of the molecule is COc1ccccc1C1=C(O)C(=O)N(c2cc(Cl)cc(Cl)c2)C1=O. The van der Waals surface area contributed by atoms with Gasteiger partial charge in [-0.2, -0.15) is 0 Å². The van der Waals surface area contributed by atoms with E-state index in [4.69, 9.17) is 27.9 Å². The molecule has 24 heavy (non-hydrogen) atoms. The Bertz CT molecular complexity index is 872. The summed E-state index contributed by atoms with van der Waals surface area (Å²) in [5.74, 6) is -1.81. The number of amides is 2. The van der Waals surface area contributed by atoms with Gasteiger partial charge in [-0.25, -0.2) is 4.90 Å². The molecule has 1 aliphatic heterocycles. The van der Waals surface area contributed by atoms with Crippen LogP contribution in [0.25, 0.3) is 5.57 Å². The molecule has 3 rings (SSSR count). The van der Waals surface area contributed by atoms with Gasteiger partial charge in [0.15, 0.2) is 5.76 Å². The smallest absolute Gasteiger partial charge is 0.301 e. The fourth-order valence-electron chi connectivity index (χ4n) is 2.51. The Morgan fingerprint density at radius 3 is 2.25 bits per heavy atom. The Balaban J connectivity index is 2.11. The van der Waals surface area contributed by atoms with Crippen LogP contribution in [-0.2, 0) is 9.59 Å². The fraction of sp³-hybridized carbons (Fsp3) is 0.0588. The number of aliphatic hydroxyl groups excluding tert-OH is 1. The third-order valence-electron chi connectivity index (χ3n) is 3.54. The summed E-state index contributed by atoms with van der Waals surface area (Å²) in [5, 5.41) is 10.8. The Kier molecular flexibility index (Phi) is 4.22. The van der Waals surface area contributed by atoms with Gasteiger partial charge in [0.2, 0.25) is 0 Å². The molecule has 0 saturated heterocycles. The summed E-state index contributed by atoms with van der Waals surface area (Å²) in [6.45, 7) is 0. The average molecular weight is 364 g/mol. The molecule has 0 bridgehead atoms. The quantitative estimate of drug-likeness (QED) is 0.841. The van der Waals surface area contributed by atoms with Crippen molar-refractivity contribution < 1.29 is 19.4 Å². The molecule has 0 aliphatic carbocycles. The van der Waals surface area contributed by atoms with E-state index < -0.39 is 17.6 Å². The van der Waals surface area contributed by atoms with Crippen LogP contribution >= 0.6 is 23.2 Å². The molecule has 2 aromatic carbocycles. The molecule has 2 amide bonds. The van der Waals surface area contributed by atoms with Crippen molar-refractivity contribution in [3.63, 3.8) is 0 Å². The van der Waals surface area contributed by atoms with Crippen molar-refractivity contribution in [3.05, 3.63) is 63.8 Å². The number of imide groups is 1. The van der Waals surface area contributed by atoms with E-state index >= 15 is 0 Å². The van der Waals surface area contributed by atoms with E-state index in [9.17, 15) is 14.7 Å². The summed E-state index contributed by atoms with van der Waals surface area (Å²) in [7, 11) is 1.44. The summed E-state index contributed by atoms with van der Waals surface area (Å²) in [6, 6.07) is 10.9. The van der Waals surface area contributed by atoms with Gasteiger partial charge in [-0.1, -0.05) is 41.4 Å². The van der Waals surface area contributed by atoms with Gasteiger partial charge in [0.25, 0.3) is 5.91 Å². The zero-order valence-electron chi connectivity index (χ0n) is 12.4. The van der Waals surface area contributed by atoms with Crippen molar-refractivity contribution in [1.82, 2.24) is 0 Å². The molecule has 2 aromatic rings. The van der Waals surface area contributed by atoms with Crippen molar-refractivity contribution in [1.29, 1.82) is 0 Å². The van der Waals surface area contributed by atoms with Gasteiger partial charge >= 0.3 is 5.91 Å². The van der Waals surface area contributed by atoms with Crippen molar-refractivity contribution in [2.45, 2.75) is 0 Å². The number of anilines is 1. The lowest BCUT2D eigenvalue weighted by Crippen LogP contribution is -2.31. The summed E-state index contributed by atoms with van der Waals surface area (Å²) in [4.78, 5) is 26.0. The highest BCUT2D eigenvalue weighted by molar-refractivity contribution is 6.45. The Hall–Kier alpha value is -2.50. The van der Waals surface area contributed by atoms with Crippen LogP contribution in [0.3, 0.4) is 0 Å². The number of methoxy groups -OCH3 is 1. The monoisotopic (exact) mass is 363 g/mol. The van der Waals surface area contributed by atoms with Gasteiger partial charge < -0.3 is 9.84 Å². The van der Waals surface area contributed by atoms with Crippen LogP contribution in [0.1, 0.15) is 5.56 Å². The number of carbonyl (C=O) groups excluding carboxylic acids is 2. The van der Waals surface area contributed by atoms with Crippen molar-refractivity contribution in [2.75, 3.05) is 12.0 Å². The normalized spacial score (nSPS) is 14.5. The molecule has 0 atom stereocenters. The number of benzene rings is 2. The molecule has 1 heterocycles. The fourth-order valence-corrected chi connectivity index (χ4v) is 3.03. The predicted octanol–water partition coefficient (Wildman–Crippen LogP) is 3.84. The van der Waals surface area contributed by atoms with Gasteiger partial charge in [0.05, 0.1) is 18.4 Å². The molecule has 0 fully saturated rings. The highest BCUT2D eigenvalue weighted by Crippen LogP contribution is 2.37. The molecular weight excluding hydrogens is 353 g/mol. The van der Waals surface area contributed by atoms with Crippen LogP contribution in [0.15, 0.2) is 48.2 Å². The third-order valence-corrected chi connectivity index (χ3v) is 3.98. The highest BCUT2D eigenvalue weighted by atomic mass is 35.5. The number of aliphatic hydroxyl groups is 1. The van der Waals surface area contributed by atoms with Crippen LogP contribution < -0.4 is 9.64 Å². The first-order valence-corrected chi connectivity index (χ1v) is 7.61. The minimum absolute atomic E-state index is 0.131. The van der Waals surface area contributed by atoms with Crippen LogP contribution in [0.2, 0.25) is 10.0 Å². The summed E-state index contributed by atoms with van der Waals surface area (Å²) < 4.78 is 5.20. The lowest BCUT2D eigenvalue weighted by molar-refractivity contribution is -0.121. The maximum absolute atomic E-state index is 12.8.